The molecule has 0 spiro atoms. The van der Waals surface area contributed by atoms with E-state index in [1.165, 1.54) is 25.3 Å². The van der Waals surface area contributed by atoms with Gasteiger partial charge in [0.2, 0.25) is 0 Å². The van der Waals surface area contributed by atoms with Crippen molar-refractivity contribution in [3.63, 3.8) is 0 Å². The number of hydrogen-bond acceptors (Lipinski definition) is 2. The monoisotopic (exact) mass is 244 g/mol. The second kappa shape index (κ2) is 5.30. The fraction of sp³-hybridized carbons (Fsp3) is 0.417. The number of benzene rings is 1. The minimum absolute atomic E-state index is 0.00764. The van der Waals surface area contributed by atoms with Gasteiger partial charge in [-0.1, -0.05) is 25.4 Å². The van der Waals surface area contributed by atoms with E-state index in [0.717, 1.165) is 0 Å². The predicted molar refractivity (Wildman–Crippen MR) is 61.0 cm³/mol. The lowest BCUT2D eigenvalue weighted by Gasteiger charge is -2.19. The lowest BCUT2D eigenvalue weighted by Crippen LogP contribution is -2.20. The van der Waals surface area contributed by atoms with Crippen molar-refractivity contribution in [3.05, 3.63) is 34.6 Å². The topological polar surface area (TPSA) is 26.3 Å². The Morgan fingerprint density at radius 1 is 1.44 bits per heavy atom. The molecule has 0 fully saturated rings. The van der Waals surface area contributed by atoms with Crippen LogP contribution in [0.25, 0.3) is 0 Å². The molecular formula is C12H14ClFO2. The predicted octanol–water partition coefficient (Wildman–Crippen LogP) is 3.39. The Morgan fingerprint density at radius 2 is 2.06 bits per heavy atom. The first-order valence-corrected chi connectivity index (χ1v) is 5.38. The number of methoxy groups -OCH3 is 1. The van der Waals surface area contributed by atoms with Crippen LogP contribution in [-0.4, -0.2) is 13.1 Å². The summed E-state index contributed by atoms with van der Waals surface area (Å²) in [6, 6.07) is 4.00. The first kappa shape index (κ1) is 13.0. The summed E-state index contributed by atoms with van der Waals surface area (Å²) in [4.78, 5) is 11.6. The molecule has 1 atom stereocenters. The molecule has 1 aromatic carbocycles. The van der Waals surface area contributed by atoms with Gasteiger partial charge < -0.3 is 4.74 Å². The maximum atomic E-state index is 13.1. The van der Waals surface area contributed by atoms with Crippen LogP contribution in [0.5, 0.6) is 0 Å². The highest BCUT2D eigenvalue weighted by Gasteiger charge is 2.27. The summed E-state index contributed by atoms with van der Waals surface area (Å²) in [5.74, 6) is -1.35. The molecule has 1 aromatic rings. The largest absolute Gasteiger partial charge is 0.469 e. The second-order valence-electron chi connectivity index (χ2n) is 3.91. The highest BCUT2D eigenvalue weighted by molar-refractivity contribution is 6.31. The molecule has 4 heteroatoms. The molecule has 0 aromatic heterocycles. The van der Waals surface area contributed by atoms with Gasteiger partial charge in [-0.05, 0) is 29.7 Å². The Morgan fingerprint density at radius 3 is 2.56 bits per heavy atom. The molecule has 0 saturated heterocycles. The quantitative estimate of drug-likeness (QED) is 0.762. The van der Waals surface area contributed by atoms with Crippen molar-refractivity contribution in [1.29, 1.82) is 0 Å². The zero-order valence-corrected chi connectivity index (χ0v) is 10.2. The fourth-order valence-corrected chi connectivity index (χ4v) is 1.87. The number of ether oxygens (including phenoxy) is 1. The summed E-state index contributed by atoms with van der Waals surface area (Å²) in [5.41, 5.74) is 0.475. The summed E-state index contributed by atoms with van der Waals surface area (Å²) in [6.07, 6.45) is 0. The molecule has 0 aliphatic rings. The Bertz CT molecular complexity index is 391. The van der Waals surface area contributed by atoms with E-state index in [1.807, 2.05) is 13.8 Å². The molecule has 0 aliphatic heterocycles. The molecule has 0 bridgehead atoms. The van der Waals surface area contributed by atoms with Crippen molar-refractivity contribution in [1.82, 2.24) is 0 Å². The zero-order chi connectivity index (χ0) is 12.3. The first-order valence-electron chi connectivity index (χ1n) is 5.00. The van der Waals surface area contributed by atoms with E-state index in [0.29, 0.717) is 10.6 Å². The van der Waals surface area contributed by atoms with E-state index < -0.39 is 17.7 Å². The molecule has 0 heterocycles. The molecule has 0 N–H and O–H groups in total. The Hall–Kier alpha value is -1.09. The molecule has 88 valence electrons. The number of carbonyl (C=O) groups excluding carboxylic acids is 1. The van der Waals surface area contributed by atoms with Crippen LogP contribution in [-0.2, 0) is 9.53 Å². The van der Waals surface area contributed by atoms with Gasteiger partial charge in [-0.2, -0.15) is 0 Å². The third-order valence-corrected chi connectivity index (χ3v) is 2.76. The maximum Gasteiger partial charge on any atom is 0.313 e. The third kappa shape index (κ3) is 2.73. The Kier molecular flexibility index (Phi) is 4.30. The summed E-state index contributed by atoms with van der Waals surface area (Å²) in [7, 11) is 1.31. The molecule has 2 nitrogen and oxygen atoms in total. The van der Waals surface area contributed by atoms with E-state index in [-0.39, 0.29) is 5.92 Å². The van der Waals surface area contributed by atoms with Crippen LogP contribution >= 0.6 is 11.6 Å². The van der Waals surface area contributed by atoms with Crippen LogP contribution in [0.1, 0.15) is 25.3 Å². The molecule has 0 radical (unpaired) electrons. The normalized spacial score (nSPS) is 12.6. The van der Waals surface area contributed by atoms with Crippen LogP contribution in [0.2, 0.25) is 5.02 Å². The molecule has 0 amide bonds. The van der Waals surface area contributed by atoms with Gasteiger partial charge in [-0.15, -0.1) is 0 Å². The van der Waals surface area contributed by atoms with Crippen LogP contribution < -0.4 is 0 Å². The standard InChI is InChI=1S/C12H14ClFO2/c1-7(2)11(12(15)16-3)9-6-8(14)4-5-10(9)13/h4-7,11H,1-3H3. The molecule has 16 heavy (non-hydrogen) atoms. The molecule has 0 aliphatic carbocycles. The maximum absolute atomic E-state index is 13.1. The van der Waals surface area contributed by atoms with Crippen LogP contribution in [0.15, 0.2) is 18.2 Å². The minimum atomic E-state index is -0.534. The summed E-state index contributed by atoms with van der Waals surface area (Å²) in [5, 5.41) is 0.380. The SMILES string of the molecule is COC(=O)C(c1cc(F)ccc1Cl)C(C)C. The van der Waals surface area contributed by atoms with Crippen LogP contribution in [0.4, 0.5) is 4.39 Å². The molecule has 1 rings (SSSR count). The van der Waals surface area contributed by atoms with Crippen molar-refractivity contribution < 1.29 is 13.9 Å². The fourth-order valence-electron chi connectivity index (χ4n) is 1.64. The molecule has 0 saturated carbocycles. The van der Waals surface area contributed by atoms with Gasteiger partial charge in [0, 0.05) is 5.02 Å². The van der Waals surface area contributed by atoms with Crippen molar-refractivity contribution >= 4 is 17.6 Å². The van der Waals surface area contributed by atoms with Gasteiger partial charge in [0.25, 0.3) is 0 Å². The molecular weight excluding hydrogens is 231 g/mol. The summed E-state index contributed by atoms with van der Waals surface area (Å²) < 4.78 is 17.8. The van der Waals surface area contributed by atoms with Gasteiger partial charge in [-0.25, -0.2) is 4.39 Å². The Labute approximate surface area is 99.4 Å². The number of halogens is 2. The van der Waals surface area contributed by atoms with Crippen molar-refractivity contribution in [2.45, 2.75) is 19.8 Å². The first-order chi connectivity index (χ1) is 7.47. The average molecular weight is 245 g/mol. The zero-order valence-electron chi connectivity index (χ0n) is 9.46. The van der Waals surface area contributed by atoms with E-state index in [2.05, 4.69) is 0 Å². The number of carbonyl (C=O) groups is 1. The van der Waals surface area contributed by atoms with Crippen LogP contribution in [0.3, 0.4) is 0 Å². The lowest BCUT2D eigenvalue weighted by atomic mass is 9.88. The van der Waals surface area contributed by atoms with Gasteiger partial charge in [0.1, 0.15) is 5.82 Å². The van der Waals surface area contributed by atoms with E-state index >= 15 is 0 Å². The highest BCUT2D eigenvalue weighted by atomic mass is 35.5. The van der Waals surface area contributed by atoms with Crippen LogP contribution in [0, 0.1) is 11.7 Å². The average Bonchev–Trinajstić information content (AvgIpc) is 2.22. The number of rotatable bonds is 3. The minimum Gasteiger partial charge on any atom is -0.469 e. The van der Waals surface area contributed by atoms with Crippen molar-refractivity contribution in [3.8, 4) is 0 Å². The smallest absolute Gasteiger partial charge is 0.313 e. The number of hydrogen-bond donors (Lipinski definition) is 0. The lowest BCUT2D eigenvalue weighted by molar-refractivity contribution is -0.143. The van der Waals surface area contributed by atoms with E-state index in [1.54, 1.807) is 0 Å². The van der Waals surface area contributed by atoms with Crippen molar-refractivity contribution in [2.75, 3.05) is 7.11 Å². The van der Waals surface area contributed by atoms with E-state index in [4.69, 9.17) is 16.3 Å². The summed E-state index contributed by atoms with van der Waals surface area (Å²) >= 11 is 5.96. The van der Waals surface area contributed by atoms with Gasteiger partial charge in [-0.3, -0.25) is 4.79 Å². The summed E-state index contributed by atoms with van der Waals surface area (Å²) in [6.45, 7) is 3.73. The second-order valence-corrected chi connectivity index (χ2v) is 4.32. The number of esters is 1. The molecule has 1 unspecified atom stereocenters. The van der Waals surface area contributed by atoms with Crippen molar-refractivity contribution in [2.24, 2.45) is 5.92 Å². The van der Waals surface area contributed by atoms with Gasteiger partial charge in [0.05, 0.1) is 13.0 Å². The Balaban J connectivity index is 3.20. The van der Waals surface area contributed by atoms with Gasteiger partial charge in [0.15, 0.2) is 0 Å². The third-order valence-electron chi connectivity index (χ3n) is 2.41. The van der Waals surface area contributed by atoms with E-state index in [9.17, 15) is 9.18 Å². The highest BCUT2D eigenvalue weighted by Crippen LogP contribution is 2.31. The van der Waals surface area contributed by atoms with Gasteiger partial charge >= 0.3 is 5.97 Å².